The average molecular weight is 432 g/mol. The van der Waals surface area contributed by atoms with Crippen molar-refractivity contribution >= 4 is 16.8 Å². The zero-order valence-electron chi connectivity index (χ0n) is 17.3. The van der Waals surface area contributed by atoms with Gasteiger partial charge in [-0.05, 0) is 66.6 Å². The Kier molecular flexibility index (Phi) is 4.31. The second kappa shape index (κ2) is 7.22. The fourth-order valence-corrected chi connectivity index (χ4v) is 4.53. The molecule has 1 N–H and O–H groups in total. The van der Waals surface area contributed by atoms with E-state index in [4.69, 9.17) is 4.52 Å². The number of nitrogens with one attached hydrogen (secondary N) is 1. The quantitative estimate of drug-likeness (QED) is 0.525. The highest BCUT2D eigenvalue weighted by atomic mass is 19.1. The third kappa shape index (κ3) is 3.24. The lowest BCUT2D eigenvalue weighted by Gasteiger charge is -2.33. The first kappa shape index (κ1) is 19.1. The van der Waals surface area contributed by atoms with Crippen LogP contribution in [0.2, 0.25) is 0 Å². The zero-order valence-corrected chi connectivity index (χ0v) is 17.3. The van der Waals surface area contributed by atoms with Crippen LogP contribution in [0.15, 0.2) is 47.0 Å². The highest BCUT2D eigenvalue weighted by Crippen LogP contribution is 2.42. The number of carbonyl (C=O) groups is 1. The molecule has 1 aliphatic heterocycles. The Morgan fingerprint density at radius 1 is 1.12 bits per heavy atom. The monoisotopic (exact) mass is 432 g/mol. The van der Waals surface area contributed by atoms with Crippen molar-refractivity contribution in [2.45, 2.75) is 37.3 Å². The van der Waals surface area contributed by atoms with Crippen LogP contribution in [0.25, 0.3) is 33.6 Å². The van der Waals surface area contributed by atoms with Crippen molar-refractivity contribution in [3.05, 3.63) is 48.0 Å². The van der Waals surface area contributed by atoms with E-state index < -0.39 is 5.67 Å². The molecule has 1 amide bonds. The molecule has 0 radical (unpaired) electrons. The summed E-state index contributed by atoms with van der Waals surface area (Å²) in [5, 5.41) is 19.3. The van der Waals surface area contributed by atoms with Gasteiger partial charge >= 0.3 is 0 Å². The lowest BCUT2D eigenvalue weighted by atomic mass is 9.88. The largest absolute Gasteiger partial charge is 0.355 e. The van der Waals surface area contributed by atoms with Crippen molar-refractivity contribution in [3.63, 3.8) is 0 Å². The minimum absolute atomic E-state index is 0.317. The first-order chi connectivity index (χ1) is 15.6. The number of nitrogens with zero attached hydrogens (tertiary/aromatic N) is 5. The highest BCUT2D eigenvalue weighted by Gasteiger charge is 2.53. The number of hydrogen-bond acceptors (Lipinski definition) is 6. The van der Waals surface area contributed by atoms with Gasteiger partial charge in [0.2, 0.25) is 5.82 Å². The molecule has 2 aromatic heterocycles. The standard InChI is InChI=1S/C23H21FN6O2/c24-23(8-9-23)22(31)30-10-6-14(7-11-30)15-2-1-3-16(12-15)20-18-13-17(21-25-28-29-26-21)4-5-19(18)27-32-20/h1-5,12-14H,6-11H2,(H,25,26,28,29). The number of likely N-dealkylation sites (tertiary alicyclic amines) is 1. The van der Waals surface area contributed by atoms with Gasteiger partial charge in [0.25, 0.3) is 5.91 Å². The third-order valence-electron chi connectivity index (χ3n) is 6.55. The number of tetrazole rings is 1. The van der Waals surface area contributed by atoms with Crippen LogP contribution >= 0.6 is 0 Å². The molecule has 0 spiro atoms. The van der Waals surface area contributed by atoms with Gasteiger partial charge in [0.1, 0.15) is 5.52 Å². The molecular weight excluding hydrogens is 411 g/mol. The summed E-state index contributed by atoms with van der Waals surface area (Å²) in [6, 6.07) is 14.0. The number of H-pyrrole nitrogens is 1. The molecule has 2 fully saturated rings. The van der Waals surface area contributed by atoms with Crippen LogP contribution in [0.1, 0.15) is 37.2 Å². The van der Waals surface area contributed by atoms with Crippen molar-refractivity contribution in [2.75, 3.05) is 13.1 Å². The predicted molar refractivity (Wildman–Crippen MR) is 114 cm³/mol. The first-order valence-electron chi connectivity index (χ1n) is 10.8. The third-order valence-corrected chi connectivity index (χ3v) is 6.55. The molecule has 8 nitrogen and oxygen atoms in total. The number of aromatic nitrogens is 5. The molecule has 6 rings (SSSR count). The van der Waals surface area contributed by atoms with Crippen LogP contribution in [0.5, 0.6) is 0 Å². The van der Waals surface area contributed by atoms with E-state index in [-0.39, 0.29) is 5.91 Å². The predicted octanol–water partition coefficient (Wildman–Crippen LogP) is 3.88. The number of aromatic amines is 1. The number of fused-ring (bicyclic) bond motifs is 1. The summed E-state index contributed by atoms with van der Waals surface area (Å²) in [5.74, 6) is 1.19. The van der Waals surface area contributed by atoms with E-state index in [1.807, 2.05) is 30.3 Å². The highest BCUT2D eigenvalue weighted by molar-refractivity contribution is 5.94. The Morgan fingerprint density at radius 2 is 1.97 bits per heavy atom. The molecule has 1 saturated carbocycles. The van der Waals surface area contributed by atoms with Gasteiger partial charge in [0, 0.05) is 24.2 Å². The Labute approximate surface area is 182 Å². The summed E-state index contributed by atoms with van der Waals surface area (Å²) >= 11 is 0. The molecule has 9 heteroatoms. The number of alkyl halides is 1. The van der Waals surface area contributed by atoms with E-state index in [1.54, 1.807) is 4.90 Å². The Balaban J connectivity index is 1.25. The number of hydrogen-bond donors (Lipinski definition) is 1. The van der Waals surface area contributed by atoms with Crippen LogP contribution in [0, 0.1) is 0 Å². The fourth-order valence-electron chi connectivity index (χ4n) is 4.53. The van der Waals surface area contributed by atoms with E-state index in [1.165, 1.54) is 5.56 Å². The number of halogens is 1. The lowest BCUT2D eigenvalue weighted by Crippen LogP contribution is -2.43. The van der Waals surface area contributed by atoms with Crippen LogP contribution in [0.3, 0.4) is 0 Å². The van der Waals surface area contributed by atoms with Crippen LogP contribution < -0.4 is 0 Å². The Hall–Kier alpha value is -3.62. The fraction of sp³-hybridized carbons (Fsp3) is 0.348. The molecule has 4 aromatic rings. The molecule has 0 unspecified atom stereocenters. The van der Waals surface area contributed by atoms with Crippen molar-refractivity contribution in [1.29, 1.82) is 0 Å². The number of benzene rings is 2. The topological polar surface area (TPSA) is 101 Å². The van der Waals surface area contributed by atoms with Crippen molar-refractivity contribution in [3.8, 4) is 22.7 Å². The van der Waals surface area contributed by atoms with Gasteiger partial charge in [-0.15, -0.1) is 10.2 Å². The second-order valence-corrected chi connectivity index (χ2v) is 8.64. The van der Waals surface area contributed by atoms with Crippen LogP contribution in [0.4, 0.5) is 4.39 Å². The molecule has 3 heterocycles. The maximum absolute atomic E-state index is 14.1. The molecule has 1 saturated heterocycles. The van der Waals surface area contributed by atoms with Crippen molar-refractivity contribution in [1.82, 2.24) is 30.7 Å². The zero-order chi connectivity index (χ0) is 21.7. The maximum Gasteiger partial charge on any atom is 0.260 e. The van der Waals surface area contributed by atoms with Crippen LogP contribution in [-0.2, 0) is 4.79 Å². The summed E-state index contributed by atoms with van der Waals surface area (Å²) in [4.78, 5) is 14.0. The van der Waals surface area contributed by atoms with Gasteiger partial charge < -0.3 is 9.42 Å². The Bertz CT molecular complexity index is 1290. The van der Waals surface area contributed by atoms with Gasteiger partial charge in [-0.3, -0.25) is 4.79 Å². The average Bonchev–Trinajstić information content (AvgIpc) is 3.22. The van der Waals surface area contributed by atoms with Gasteiger partial charge in [-0.25, -0.2) is 4.39 Å². The summed E-state index contributed by atoms with van der Waals surface area (Å²) in [5.41, 5.74) is 2.12. The van der Waals surface area contributed by atoms with Crippen molar-refractivity contribution < 1.29 is 13.7 Å². The SMILES string of the molecule is O=C(N1CCC(c2cccc(-c3onc4ccc(-c5nn[nH]n5)cc34)c2)CC1)C1(F)CC1. The van der Waals surface area contributed by atoms with E-state index in [0.717, 1.165) is 34.9 Å². The minimum atomic E-state index is -1.58. The molecule has 2 aromatic carbocycles. The minimum Gasteiger partial charge on any atom is -0.355 e. The van der Waals surface area contributed by atoms with Gasteiger partial charge in [-0.2, -0.15) is 5.21 Å². The smallest absolute Gasteiger partial charge is 0.260 e. The summed E-state index contributed by atoms with van der Waals surface area (Å²) in [6.45, 7) is 1.19. The molecule has 32 heavy (non-hydrogen) atoms. The number of piperidine rings is 1. The second-order valence-electron chi connectivity index (χ2n) is 8.64. The van der Waals surface area contributed by atoms with E-state index in [2.05, 4.69) is 37.9 Å². The summed E-state index contributed by atoms with van der Waals surface area (Å²) < 4.78 is 19.8. The van der Waals surface area contributed by atoms with Crippen LogP contribution in [-0.4, -0.2) is 55.3 Å². The van der Waals surface area contributed by atoms with E-state index >= 15 is 0 Å². The molecular formula is C23H21FN6O2. The first-order valence-corrected chi connectivity index (χ1v) is 10.8. The number of amides is 1. The van der Waals surface area contributed by atoms with E-state index in [0.29, 0.717) is 43.4 Å². The maximum atomic E-state index is 14.1. The molecule has 0 bridgehead atoms. The molecule has 1 aliphatic carbocycles. The number of carbonyl (C=O) groups excluding carboxylic acids is 1. The van der Waals surface area contributed by atoms with E-state index in [9.17, 15) is 9.18 Å². The number of rotatable bonds is 4. The van der Waals surface area contributed by atoms with Crippen molar-refractivity contribution in [2.24, 2.45) is 0 Å². The summed E-state index contributed by atoms with van der Waals surface area (Å²) in [6.07, 6.45) is 2.38. The molecule has 162 valence electrons. The van der Waals surface area contributed by atoms with Gasteiger partial charge in [-0.1, -0.05) is 23.4 Å². The Morgan fingerprint density at radius 3 is 2.72 bits per heavy atom. The normalized spacial score (nSPS) is 18.2. The molecule has 0 atom stereocenters. The molecule has 2 aliphatic rings. The lowest BCUT2D eigenvalue weighted by molar-refractivity contribution is -0.139. The van der Waals surface area contributed by atoms with Gasteiger partial charge in [0.05, 0.1) is 5.39 Å². The van der Waals surface area contributed by atoms with Gasteiger partial charge in [0.15, 0.2) is 11.4 Å². The summed E-state index contributed by atoms with van der Waals surface area (Å²) in [7, 11) is 0.